The second-order valence-electron chi connectivity index (χ2n) is 5.50. The zero-order valence-corrected chi connectivity index (χ0v) is 14.8. The summed E-state index contributed by atoms with van der Waals surface area (Å²) in [6, 6.07) is 24.5. The van der Waals surface area contributed by atoms with E-state index in [0.29, 0.717) is 29.5 Å². The highest BCUT2D eigenvalue weighted by atomic mass is 35.5. The number of halogens is 1. The Bertz CT molecular complexity index is 868. The predicted octanol–water partition coefficient (Wildman–Crippen LogP) is 5.24. The molecule has 3 rings (SSSR count). The molecule has 0 saturated carbocycles. The molecular formula is C21H18ClNO3. The van der Waals surface area contributed by atoms with Crippen LogP contribution in [0.25, 0.3) is 0 Å². The van der Waals surface area contributed by atoms with Gasteiger partial charge in [0, 0.05) is 0 Å². The minimum atomic E-state index is -0.295. The molecular weight excluding hydrogens is 350 g/mol. The summed E-state index contributed by atoms with van der Waals surface area (Å²) < 4.78 is 11.9. The molecule has 1 amide bonds. The molecule has 26 heavy (non-hydrogen) atoms. The van der Waals surface area contributed by atoms with E-state index in [9.17, 15) is 4.79 Å². The van der Waals surface area contributed by atoms with E-state index in [1.54, 1.807) is 12.1 Å². The number of benzene rings is 3. The van der Waals surface area contributed by atoms with E-state index in [1.165, 1.54) is 0 Å². The summed E-state index contributed by atoms with van der Waals surface area (Å²) in [4.78, 5) is 11.6. The molecule has 0 aliphatic heterocycles. The number of amides is 1. The van der Waals surface area contributed by atoms with Gasteiger partial charge >= 0.3 is 0 Å². The van der Waals surface area contributed by atoms with E-state index in [1.807, 2.05) is 66.7 Å². The fourth-order valence-electron chi connectivity index (χ4n) is 2.35. The Balaban J connectivity index is 1.77. The van der Waals surface area contributed by atoms with Crippen molar-refractivity contribution in [2.45, 2.75) is 6.61 Å². The molecule has 0 aliphatic rings. The molecule has 132 valence electrons. The zero-order valence-electron chi connectivity index (χ0n) is 14.0. The van der Waals surface area contributed by atoms with Crippen LogP contribution < -0.4 is 14.8 Å². The van der Waals surface area contributed by atoms with Crippen LogP contribution in [0.15, 0.2) is 78.9 Å². The van der Waals surface area contributed by atoms with E-state index < -0.39 is 0 Å². The average Bonchev–Trinajstić information content (AvgIpc) is 2.69. The Hall–Kier alpha value is -2.98. The number of para-hydroxylation sites is 4. The van der Waals surface area contributed by atoms with Crippen LogP contribution in [-0.4, -0.2) is 11.8 Å². The molecule has 0 atom stereocenters. The summed E-state index contributed by atoms with van der Waals surface area (Å²) >= 11 is 5.57. The van der Waals surface area contributed by atoms with Crippen LogP contribution in [0.5, 0.6) is 17.2 Å². The molecule has 0 aromatic heterocycles. The van der Waals surface area contributed by atoms with Crippen LogP contribution in [0.3, 0.4) is 0 Å². The lowest BCUT2D eigenvalue weighted by molar-refractivity contribution is -0.113. The van der Waals surface area contributed by atoms with Crippen molar-refractivity contribution in [1.82, 2.24) is 0 Å². The van der Waals surface area contributed by atoms with Gasteiger partial charge in [-0.25, -0.2) is 0 Å². The maximum atomic E-state index is 11.6. The lowest BCUT2D eigenvalue weighted by Gasteiger charge is -2.15. The van der Waals surface area contributed by atoms with Gasteiger partial charge in [-0.1, -0.05) is 54.6 Å². The maximum absolute atomic E-state index is 11.6. The molecule has 3 aromatic carbocycles. The number of hydrogen-bond donors (Lipinski definition) is 1. The van der Waals surface area contributed by atoms with Gasteiger partial charge < -0.3 is 14.8 Å². The first-order valence-electron chi connectivity index (χ1n) is 8.14. The normalized spacial score (nSPS) is 10.2. The largest absolute Gasteiger partial charge is 0.485 e. The second-order valence-corrected chi connectivity index (χ2v) is 5.77. The van der Waals surface area contributed by atoms with Gasteiger partial charge in [-0.3, -0.25) is 4.79 Å². The quantitative estimate of drug-likeness (QED) is 0.581. The summed E-state index contributed by atoms with van der Waals surface area (Å²) in [6.07, 6.45) is 0. The van der Waals surface area contributed by atoms with Crippen LogP contribution >= 0.6 is 11.6 Å². The predicted molar refractivity (Wildman–Crippen MR) is 103 cm³/mol. The molecule has 4 nitrogen and oxygen atoms in total. The minimum absolute atomic E-state index is 0.120. The molecule has 0 heterocycles. The van der Waals surface area contributed by atoms with Crippen LogP contribution in [0.1, 0.15) is 5.56 Å². The first kappa shape index (κ1) is 17.8. The number of alkyl halides is 1. The van der Waals surface area contributed by atoms with Crippen LogP contribution in [0.4, 0.5) is 5.69 Å². The molecule has 0 unspecified atom stereocenters. The first-order valence-corrected chi connectivity index (χ1v) is 8.68. The molecule has 0 radical (unpaired) electrons. The van der Waals surface area contributed by atoms with Gasteiger partial charge in [0.25, 0.3) is 0 Å². The average molecular weight is 368 g/mol. The number of nitrogens with one attached hydrogen (secondary N) is 1. The molecule has 0 aliphatic carbocycles. The SMILES string of the molecule is O=C(CCl)Nc1ccccc1Oc1ccccc1OCc1ccccc1. The molecule has 1 N–H and O–H groups in total. The van der Waals surface area contributed by atoms with Crippen molar-refractivity contribution in [3.05, 3.63) is 84.4 Å². The lowest BCUT2D eigenvalue weighted by Crippen LogP contribution is -2.13. The maximum Gasteiger partial charge on any atom is 0.239 e. The van der Waals surface area contributed by atoms with Crippen molar-refractivity contribution in [3.63, 3.8) is 0 Å². The van der Waals surface area contributed by atoms with Crippen molar-refractivity contribution in [1.29, 1.82) is 0 Å². The standard InChI is InChI=1S/C21H18ClNO3/c22-14-21(24)23-17-10-4-5-11-18(17)26-20-13-7-6-12-19(20)25-15-16-8-2-1-3-9-16/h1-13H,14-15H2,(H,23,24). The first-order chi connectivity index (χ1) is 12.8. The van der Waals surface area contributed by atoms with Gasteiger partial charge in [0.2, 0.25) is 5.91 Å². The van der Waals surface area contributed by atoms with E-state index in [4.69, 9.17) is 21.1 Å². The fraction of sp³-hybridized carbons (Fsp3) is 0.0952. The second kappa shape index (κ2) is 8.92. The van der Waals surface area contributed by atoms with Crippen molar-refractivity contribution in [2.75, 3.05) is 11.2 Å². The van der Waals surface area contributed by atoms with E-state index >= 15 is 0 Å². The van der Waals surface area contributed by atoms with Gasteiger partial charge in [-0.2, -0.15) is 0 Å². The molecule has 5 heteroatoms. The number of carbonyl (C=O) groups is 1. The van der Waals surface area contributed by atoms with Crippen molar-refractivity contribution >= 4 is 23.2 Å². The smallest absolute Gasteiger partial charge is 0.239 e. The molecule has 0 bridgehead atoms. The summed E-state index contributed by atoms with van der Waals surface area (Å²) in [6.45, 7) is 0.436. The highest BCUT2D eigenvalue weighted by Gasteiger charge is 2.11. The van der Waals surface area contributed by atoms with Gasteiger partial charge in [0.1, 0.15) is 12.5 Å². The zero-order chi connectivity index (χ0) is 18.2. The minimum Gasteiger partial charge on any atom is -0.485 e. The Kier molecular flexibility index (Phi) is 6.12. The summed E-state index contributed by atoms with van der Waals surface area (Å²) in [7, 11) is 0. The number of anilines is 1. The third-order valence-corrected chi connectivity index (χ3v) is 3.83. The monoisotopic (exact) mass is 367 g/mol. The van der Waals surface area contributed by atoms with Crippen molar-refractivity contribution in [3.8, 4) is 17.2 Å². The highest BCUT2D eigenvalue weighted by molar-refractivity contribution is 6.29. The van der Waals surface area contributed by atoms with E-state index in [-0.39, 0.29) is 11.8 Å². The van der Waals surface area contributed by atoms with Gasteiger partial charge in [0.15, 0.2) is 17.2 Å². The van der Waals surface area contributed by atoms with Crippen molar-refractivity contribution in [2.24, 2.45) is 0 Å². The van der Waals surface area contributed by atoms with Crippen LogP contribution in [0, 0.1) is 0 Å². The highest BCUT2D eigenvalue weighted by Crippen LogP contribution is 2.35. The molecule has 0 spiro atoms. The van der Waals surface area contributed by atoms with Crippen molar-refractivity contribution < 1.29 is 14.3 Å². The Morgan fingerprint density at radius 1 is 0.808 bits per heavy atom. The van der Waals surface area contributed by atoms with E-state index in [0.717, 1.165) is 5.56 Å². The molecule has 0 fully saturated rings. The van der Waals surface area contributed by atoms with Gasteiger partial charge in [0.05, 0.1) is 5.69 Å². The lowest BCUT2D eigenvalue weighted by atomic mass is 10.2. The van der Waals surface area contributed by atoms with E-state index in [2.05, 4.69) is 5.32 Å². The summed E-state index contributed by atoms with van der Waals surface area (Å²) in [5.74, 6) is 1.29. The molecule has 3 aromatic rings. The Labute approximate surface area is 157 Å². The number of ether oxygens (including phenoxy) is 2. The van der Waals surface area contributed by atoms with Gasteiger partial charge in [-0.15, -0.1) is 11.6 Å². The molecule has 0 saturated heterocycles. The van der Waals surface area contributed by atoms with Crippen LogP contribution in [-0.2, 0) is 11.4 Å². The Morgan fingerprint density at radius 2 is 1.42 bits per heavy atom. The summed E-state index contributed by atoms with van der Waals surface area (Å²) in [5.41, 5.74) is 1.62. The summed E-state index contributed by atoms with van der Waals surface area (Å²) in [5, 5.41) is 2.72. The third-order valence-electron chi connectivity index (χ3n) is 3.59. The Morgan fingerprint density at radius 3 is 2.15 bits per heavy atom. The number of rotatable bonds is 7. The fourth-order valence-corrected chi connectivity index (χ4v) is 2.42. The van der Waals surface area contributed by atoms with Gasteiger partial charge in [-0.05, 0) is 29.8 Å². The third kappa shape index (κ3) is 4.77. The van der Waals surface area contributed by atoms with Crippen LogP contribution in [0.2, 0.25) is 0 Å². The topological polar surface area (TPSA) is 47.6 Å². The number of carbonyl (C=O) groups excluding carboxylic acids is 1. The number of hydrogen-bond acceptors (Lipinski definition) is 3.